The molecule has 1 amide bonds. The first kappa shape index (κ1) is 19.9. The number of nitrogens with zero attached hydrogens (tertiary/aromatic N) is 3. The molecule has 1 N–H and O–H groups in total. The molecule has 2 aromatic rings. The SMILES string of the molecule is CNC1CCN(C(=O)c2nn(-c3ccc(C)cc3)c3c2CCCC3)CC1.Cl. The Balaban J connectivity index is 0.00000210. The smallest absolute Gasteiger partial charge is 0.274 e. The van der Waals surface area contributed by atoms with Crippen molar-refractivity contribution in [2.24, 2.45) is 0 Å². The van der Waals surface area contributed by atoms with Crippen LogP contribution in [0.2, 0.25) is 0 Å². The number of carbonyl (C=O) groups is 1. The molecule has 0 spiro atoms. The fraction of sp³-hybridized carbons (Fsp3) is 0.524. The van der Waals surface area contributed by atoms with Crippen LogP contribution in [0.1, 0.15) is 53.0 Å². The van der Waals surface area contributed by atoms with Gasteiger partial charge in [0, 0.05) is 30.4 Å². The van der Waals surface area contributed by atoms with Gasteiger partial charge in [0.15, 0.2) is 5.69 Å². The maximum Gasteiger partial charge on any atom is 0.274 e. The fourth-order valence-electron chi connectivity index (χ4n) is 4.19. The van der Waals surface area contributed by atoms with Crippen molar-refractivity contribution in [1.29, 1.82) is 0 Å². The maximum atomic E-state index is 13.2. The lowest BCUT2D eigenvalue weighted by molar-refractivity contribution is 0.0699. The molecule has 0 bridgehead atoms. The van der Waals surface area contributed by atoms with E-state index in [1.807, 2.05) is 16.6 Å². The molecule has 1 fully saturated rings. The van der Waals surface area contributed by atoms with E-state index in [1.165, 1.54) is 23.2 Å². The first-order valence-electron chi connectivity index (χ1n) is 9.81. The number of nitrogens with one attached hydrogen (secondary N) is 1. The molecule has 2 heterocycles. The lowest BCUT2D eigenvalue weighted by Crippen LogP contribution is -2.44. The van der Waals surface area contributed by atoms with Gasteiger partial charge in [-0.2, -0.15) is 5.10 Å². The Kier molecular flexibility index (Phi) is 6.22. The number of piperidine rings is 1. The summed E-state index contributed by atoms with van der Waals surface area (Å²) in [5.41, 5.74) is 5.38. The molecule has 1 aliphatic carbocycles. The molecule has 27 heavy (non-hydrogen) atoms. The predicted molar refractivity (Wildman–Crippen MR) is 110 cm³/mol. The number of carbonyl (C=O) groups excluding carboxylic acids is 1. The Hall–Kier alpha value is -1.85. The third-order valence-corrected chi connectivity index (χ3v) is 5.85. The zero-order valence-electron chi connectivity index (χ0n) is 16.2. The van der Waals surface area contributed by atoms with E-state index in [1.54, 1.807) is 0 Å². The van der Waals surface area contributed by atoms with Gasteiger partial charge in [0.2, 0.25) is 0 Å². The zero-order valence-corrected chi connectivity index (χ0v) is 17.0. The van der Waals surface area contributed by atoms with Crippen LogP contribution in [0.5, 0.6) is 0 Å². The monoisotopic (exact) mass is 388 g/mol. The summed E-state index contributed by atoms with van der Waals surface area (Å²) >= 11 is 0. The van der Waals surface area contributed by atoms with E-state index in [4.69, 9.17) is 5.10 Å². The third-order valence-electron chi connectivity index (χ3n) is 5.85. The summed E-state index contributed by atoms with van der Waals surface area (Å²) in [6.07, 6.45) is 6.33. The molecular weight excluding hydrogens is 360 g/mol. The molecule has 6 heteroatoms. The van der Waals surface area contributed by atoms with Gasteiger partial charge in [-0.05, 0) is 64.6 Å². The van der Waals surface area contributed by atoms with E-state index < -0.39 is 0 Å². The highest BCUT2D eigenvalue weighted by atomic mass is 35.5. The maximum absolute atomic E-state index is 13.2. The summed E-state index contributed by atoms with van der Waals surface area (Å²) in [5.74, 6) is 0.114. The fourth-order valence-corrected chi connectivity index (χ4v) is 4.19. The van der Waals surface area contributed by atoms with Crippen LogP contribution in [0.3, 0.4) is 0 Å². The summed E-state index contributed by atoms with van der Waals surface area (Å²) in [7, 11) is 2.00. The highest BCUT2D eigenvalue weighted by Gasteiger charge is 2.30. The molecule has 146 valence electrons. The minimum atomic E-state index is 0. The van der Waals surface area contributed by atoms with E-state index in [0.717, 1.165) is 50.9 Å². The molecule has 4 rings (SSSR count). The van der Waals surface area contributed by atoms with Crippen LogP contribution >= 0.6 is 12.4 Å². The number of aryl methyl sites for hydroxylation is 1. The standard InChI is InChI=1S/C21H28N4O.ClH/c1-15-7-9-17(10-8-15)25-19-6-4-3-5-18(19)20(23-25)21(26)24-13-11-16(22-2)12-14-24;/h7-10,16,22H,3-6,11-14H2,1-2H3;1H. The topological polar surface area (TPSA) is 50.2 Å². The Bertz CT molecular complexity index is 791. The van der Waals surface area contributed by atoms with Gasteiger partial charge < -0.3 is 10.2 Å². The van der Waals surface area contributed by atoms with Crippen LogP contribution in [-0.2, 0) is 12.8 Å². The summed E-state index contributed by atoms with van der Waals surface area (Å²) in [4.78, 5) is 15.2. The summed E-state index contributed by atoms with van der Waals surface area (Å²) in [6.45, 7) is 3.72. The van der Waals surface area contributed by atoms with Crippen molar-refractivity contribution < 1.29 is 4.79 Å². The van der Waals surface area contributed by atoms with Crippen molar-refractivity contribution in [2.45, 2.75) is 51.5 Å². The van der Waals surface area contributed by atoms with E-state index in [9.17, 15) is 4.79 Å². The normalized spacial score (nSPS) is 17.3. The molecule has 0 unspecified atom stereocenters. The van der Waals surface area contributed by atoms with Crippen molar-refractivity contribution in [2.75, 3.05) is 20.1 Å². The number of hydrogen-bond acceptors (Lipinski definition) is 3. The van der Waals surface area contributed by atoms with Gasteiger partial charge in [-0.3, -0.25) is 4.79 Å². The van der Waals surface area contributed by atoms with Crippen molar-refractivity contribution in [1.82, 2.24) is 20.0 Å². The Morgan fingerprint density at radius 1 is 1.11 bits per heavy atom. The lowest BCUT2D eigenvalue weighted by Gasteiger charge is -2.31. The average Bonchev–Trinajstić information content (AvgIpc) is 3.08. The van der Waals surface area contributed by atoms with Gasteiger partial charge >= 0.3 is 0 Å². The van der Waals surface area contributed by atoms with Gasteiger partial charge in [-0.15, -0.1) is 12.4 Å². The van der Waals surface area contributed by atoms with Crippen LogP contribution < -0.4 is 5.32 Å². The van der Waals surface area contributed by atoms with Gasteiger partial charge in [0.05, 0.1) is 5.69 Å². The number of fused-ring (bicyclic) bond motifs is 1. The third kappa shape index (κ3) is 3.90. The van der Waals surface area contributed by atoms with E-state index in [2.05, 4.69) is 36.5 Å². The number of likely N-dealkylation sites (tertiary alicyclic amines) is 1. The predicted octanol–water partition coefficient (Wildman–Crippen LogP) is 3.31. The summed E-state index contributed by atoms with van der Waals surface area (Å²) < 4.78 is 2.02. The van der Waals surface area contributed by atoms with Gasteiger partial charge in [-0.1, -0.05) is 17.7 Å². The second-order valence-corrected chi connectivity index (χ2v) is 7.58. The number of hydrogen-bond donors (Lipinski definition) is 1. The molecule has 1 saturated heterocycles. The molecule has 1 aromatic heterocycles. The average molecular weight is 389 g/mol. The van der Waals surface area contributed by atoms with Crippen molar-refractivity contribution in [3.8, 4) is 5.69 Å². The van der Waals surface area contributed by atoms with Crippen molar-refractivity contribution >= 4 is 18.3 Å². The minimum Gasteiger partial charge on any atom is -0.337 e. The quantitative estimate of drug-likeness (QED) is 0.877. The van der Waals surface area contributed by atoms with Crippen LogP contribution in [0.15, 0.2) is 24.3 Å². The number of halogens is 1. The molecular formula is C21H29ClN4O. The van der Waals surface area contributed by atoms with Gasteiger partial charge in [0.25, 0.3) is 5.91 Å². The number of benzene rings is 1. The van der Waals surface area contributed by atoms with E-state index >= 15 is 0 Å². The van der Waals surface area contributed by atoms with Crippen molar-refractivity contribution in [3.63, 3.8) is 0 Å². The van der Waals surface area contributed by atoms with Gasteiger partial charge in [0.1, 0.15) is 0 Å². The molecule has 1 aliphatic heterocycles. The van der Waals surface area contributed by atoms with Crippen LogP contribution in [0.25, 0.3) is 5.69 Å². The minimum absolute atomic E-state index is 0. The number of rotatable bonds is 3. The second-order valence-electron chi connectivity index (χ2n) is 7.58. The van der Waals surface area contributed by atoms with Gasteiger partial charge in [-0.25, -0.2) is 4.68 Å². The largest absolute Gasteiger partial charge is 0.337 e. The van der Waals surface area contributed by atoms with Crippen molar-refractivity contribution in [3.05, 3.63) is 46.8 Å². The molecule has 2 aliphatic rings. The Morgan fingerprint density at radius 2 is 1.78 bits per heavy atom. The molecule has 0 saturated carbocycles. The molecule has 5 nitrogen and oxygen atoms in total. The molecule has 0 atom stereocenters. The van der Waals surface area contributed by atoms with Crippen LogP contribution in [-0.4, -0.2) is 46.8 Å². The van der Waals surface area contributed by atoms with Crippen LogP contribution in [0, 0.1) is 6.92 Å². The first-order chi connectivity index (χ1) is 12.7. The molecule has 1 aromatic carbocycles. The van der Waals surface area contributed by atoms with E-state index in [-0.39, 0.29) is 18.3 Å². The summed E-state index contributed by atoms with van der Waals surface area (Å²) in [6, 6.07) is 8.94. The Labute approximate surface area is 167 Å². The lowest BCUT2D eigenvalue weighted by atomic mass is 9.95. The Morgan fingerprint density at radius 3 is 2.44 bits per heavy atom. The second kappa shape index (κ2) is 8.44. The van der Waals surface area contributed by atoms with E-state index in [0.29, 0.717) is 11.7 Å². The van der Waals surface area contributed by atoms with Crippen LogP contribution in [0.4, 0.5) is 0 Å². The molecule has 0 radical (unpaired) electrons. The number of aromatic nitrogens is 2. The zero-order chi connectivity index (χ0) is 18.1. The number of amides is 1. The summed E-state index contributed by atoms with van der Waals surface area (Å²) in [5, 5.41) is 8.14. The highest BCUT2D eigenvalue weighted by Crippen LogP contribution is 2.28. The highest BCUT2D eigenvalue weighted by molar-refractivity contribution is 5.94. The first-order valence-corrected chi connectivity index (χ1v) is 9.81.